The second-order valence-corrected chi connectivity index (χ2v) is 8.10. The molecule has 1 unspecified atom stereocenters. The summed E-state index contributed by atoms with van der Waals surface area (Å²) in [6, 6.07) is 0. The number of carbonyl (C=O) groups excluding carboxylic acids is 3. The molecule has 2 aliphatic carbocycles. The van der Waals surface area contributed by atoms with Crippen LogP contribution in [0, 0.1) is 17.8 Å². The van der Waals surface area contributed by atoms with E-state index in [0.717, 1.165) is 0 Å². The molecule has 1 amide bonds. The number of aliphatic hydroxyl groups is 1. The standard InChI is InChI=1S/C19H29NO6/c1-6-11-10-19(11,17(24)25-7-2)20-15(22)13-8-12(21)9-14(13)16(23)26-18(3,4)5/h6,11-14,21H,1,7-10H2,2-5H3,(H,20,22)/t11-,12-,13-,14?,19-/m1/s1. The number of ether oxygens (including phenoxy) is 2. The van der Waals surface area contributed by atoms with Crippen molar-refractivity contribution in [1.82, 2.24) is 5.32 Å². The molecule has 7 nitrogen and oxygen atoms in total. The van der Waals surface area contributed by atoms with Crippen LogP contribution in [0.1, 0.15) is 47.0 Å². The Balaban J connectivity index is 2.12. The van der Waals surface area contributed by atoms with Gasteiger partial charge < -0.3 is 19.9 Å². The van der Waals surface area contributed by atoms with Crippen LogP contribution in [0.4, 0.5) is 0 Å². The van der Waals surface area contributed by atoms with E-state index in [1.807, 2.05) is 0 Å². The number of aliphatic hydroxyl groups excluding tert-OH is 1. The number of hydrogen-bond donors (Lipinski definition) is 2. The first-order valence-corrected chi connectivity index (χ1v) is 9.06. The van der Waals surface area contributed by atoms with Crippen molar-refractivity contribution in [2.24, 2.45) is 17.8 Å². The van der Waals surface area contributed by atoms with Crippen molar-refractivity contribution in [2.45, 2.75) is 64.2 Å². The highest BCUT2D eigenvalue weighted by Crippen LogP contribution is 2.46. The molecule has 2 saturated carbocycles. The van der Waals surface area contributed by atoms with Crippen molar-refractivity contribution < 1.29 is 29.0 Å². The molecule has 5 atom stereocenters. The van der Waals surface area contributed by atoms with Gasteiger partial charge in [0.15, 0.2) is 0 Å². The van der Waals surface area contributed by atoms with Crippen LogP contribution in [0.3, 0.4) is 0 Å². The van der Waals surface area contributed by atoms with Crippen LogP contribution >= 0.6 is 0 Å². The van der Waals surface area contributed by atoms with Gasteiger partial charge in [0.2, 0.25) is 5.91 Å². The zero-order valence-electron chi connectivity index (χ0n) is 15.9. The van der Waals surface area contributed by atoms with E-state index >= 15 is 0 Å². The van der Waals surface area contributed by atoms with Crippen LogP contribution in [-0.4, -0.2) is 46.8 Å². The molecule has 26 heavy (non-hydrogen) atoms. The van der Waals surface area contributed by atoms with E-state index < -0.39 is 46.9 Å². The molecule has 0 aliphatic heterocycles. The van der Waals surface area contributed by atoms with Crippen LogP contribution in [0.2, 0.25) is 0 Å². The molecule has 2 rings (SSSR count). The monoisotopic (exact) mass is 367 g/mol. The minimum absolute atomic E-state index is 0.160. The van der Waals surface area contributed by atoms with Crippen molar-refractivity contribution in [1.29, 1.82) is 0 Å². The number of carbonyl (C=O) groups is 3. The molecule has 0 radical (unpaired) electrons. The molecule has 0 saturated heterocycles. The van der Waals surface area contributed by atoms with E-state index in [-0.39, 0.29) is 25.4 Å². The number of hydrogen-bond acceptors (Lipinski definition) is 6. The average molecular weight is 367 g/mol. The van der Waals surface area contributed by atoms with E-state index in [9.17, 15) is 19.5 Å². The molecule has 2 N–H and O–H groups in total. The molecule has 7 heteroatoms. The highest BCUT2D eigenvalue weighted by molar-refractivity contribution is 5.94. The van der Waals surface area contributed by atoms with Crippen LogP contribution < -0.4 is 5.32 Å². The van der Waals surface area contributed by atoms with Crippen molar-refractivity contribution in [2.75, 3.05) is 6.61 Å². The lowest BCUT2D eigenvalue weighted by Gasteiger charge is -2.26. The Morgan fingerprint density at radius 3 is 2.38 bits per heavy atom. The fourth-order valence-electron chi connectivity index (χ4n) is 3.51. The maximum atomic E-state index is 12.8. The van der Waals surface area contributed by atoms with Gasteiger partial charge in [-0.1, -0.05) is 6.08 Å². The molecular weight excluding hydrogens is 338 g/mol. The molecule has 0 spiro atoms. The van der Waals surface area contributed by atoms with Crippen molar-refractivity contribution in [3.05, 3.63) is 12.7 Å². The Morgan fingerprint density at radius 2 is 1.88 bits per heavy atom. The summed E-state index contributed by atoms with van der Waals surface area (Å²) in [5.74, 6) is -3.10. The van der Waals surface area contributed by atoms with E-state index in [0.29, 0.717) is 6.42 Å². The predicted molar refractivity (Wildman–Crippen MR) is 93.9 cm³/mol. The lowest BCUT2D eigenvalue weighted by molar-refractivity contribution is -0.163. The van der Waals surface area contributed by atoms with E-state index in [2.05, 4.69) is 11.9 Å². The van der Waals surface area contributed by atoms with Gasteiger partial charge in [-0.3, -0.25) is 9.59 Å². The van der Waals surface area contributed by atoms with Gasteiger partial charge in [-0.05, 0) is 47.0 Å². The van der Waals surface area contributed by atoms with Gasteiger partial charge >= 0.3 is 11.9 Å². The molecule has 0 aromatic carbocycles. The maximum absolute atomic E-state index is 12.8. The summed E-state index contributed by atoms with van der Waals surface area (Å²) in [6.07, 6.45) is 1.62. The minimum atomic E-state index is -1.11. The molecule has 0 aromatic rings. The van der Waals surface area contributed by atoms with E-state index in [4.69, 9.17) is 9.47 Å². The van der Waals surface area contributed by atoms with Crippen LogP contribution in [0.5, 0.6) is 0 Å². The Bertz CT molecular complexity index is 595. The molecule has 0 bridgehead atoms. The molecule has 0 aromatic heterocycles. The highest BCUT2D eigenvalue weighted by atomic mass is 16.6. The van der Waals surface area contributed by atoms with Gasteiger partial charge in [-0.25, -0.2) is 4.79 Å². The quantitative estimate of drug-likeness (QED) is 0.543. The summed E-state index contributed by atoms with van der Waals surface area (Å²) in [4.78, 5) is 37.6. The van der Waals surface area contributed by atoms with Crippen molar-refractivity contribution in [3.63, 3.8) is 0 Å². The lowest BCUT2D eigenvalue weighted by atomic mass is 9.94. The third-order valence-corrected chi connectivity index (χ3v) is 4.87. The molecule has 146 valence electrons. The fraction of sp³-hybridized carbons (Fsp3) is 0.737. The second-order valence-electron chi connectivity index (χ2n) is 8.10. The fourth-order valence-corrected chi connectivity index (χ4v) is 3.51. The third kappa shape index (κ3) is 4.26. The van der Waals surface area contributed by atoms with Gasteiger partial charge in [0.1, 0.15) is 11.1 Å². The maximum Gasteiger partial charge on any atom is 0.332 e. The Labute approximate surface area is 154 Å². The molecular formula is C19H29NO6. The molecule has 0 heterocycles. The number of rotatable bonds is 6. The first-order valence-electron chi connectivity index (χ1n) is 9.06. The smallest absolute Gasteiger partial charge is 0.332 e. The Morgan fingerprint density at radius 1 is 1.27 bits per heavy atom. The highest BCUT2D eigenvalue weighted by Gasteiger charge is 2.62. The molecule has 2 fully saturated rings. The van der Waals surface area contributed by atoms with Gasteiger partial charge in [0.25, 0.3) is 0 Å². The summed E-state index contributed by atoms with van der Waals surface area (Å²) >= 11 is 0. The summed E-state index contributed by atoms with van der Waals surface area (Å²) < 4.78 is 10.5. The second kappa shape index (κ2) is 7.39. The zero-order valence-corrected chi connectivity index (χ0v) is 15.9. The van der Waals surface area contributed by atoms with Gasteiger partial charge in [0.05, 0.1) is 24.5 Å². The van der Waals surface area contributed by atoms with E-state index in [1.54, 1.807) is 33.8 Å². The van der Waals surface area contributed by atoms with E-state index in [1.165, 1.54) is 0 Å². The lowest BCUT2D eigenvalue weighted by Crippen LogP contribution is -2.49. The van der Waals surface area contributed by atoms with Gasteiger partial charge in [-0.2, -0.15) is 0 Å². The summed E-state index contributed by atoms with van der Waals surface area (Å²) in [5, 5.41) is 12.7. The van der Waals surface area contributed by atoms with Crippen molar-refractivity contribution in [3.8, 4) is 0 Å². The summed E-state index contributed by atoms with van der Waals surface area (Å²) in [7, 11) is 0. The normalized spacial score (nSPS) is 33.3. The minimum Gasteiger partial charge on any atom is -0.464 e. The summed E-state index contributed by atoms with van der Waals surface area (Å²) in [5.41, 5.74) is -1.79. The Kier molecular flexibility index (Phi) is 5.80. The third-order valence-electron chi connectivity index (χ3n) is 4.87. The first kappa shape index (κ1) is 20.4. The number of nitrogens with one attached hydrogen (secondary N) is 1. The van der Waals surface area contributed by atoms with Crippen LogP contribution in [0.25, 0.3) is 0 Å². The van der Waals surface area contributed by atoms with Crippen molar-refractivity contribution >= 4 is 17.8 Å². The van der Waals surface area contributed by atoms with Gasteiger partial charge in [-0.15, -0.1) is 6.58 Å². The molecule has 2 aliphatic rings. The topological polar surface area (TPSA) is 102 Å². The average Bonchev–Trinajstić information content (AvgIpc) is 3.09. The Hall–Kier alpha value is -1.89. The van der Waals surface area contributed by atoms with Gasteiger partial charge in [0, 0.05) is 5.92 Å². The van der Waals surface area contributed by atoms with Crippen LogP contribution in [-0.2, 0) is 23.9 Å². The predicted octanol–water partition coefficient (Wildman–Crippen LogP) is 1.34. The number of amides is 1. The number of esters is 2. The summed E-state index contributed by atoms with van der Waals surface area (Å²) in [6.45, 7) is 10.8. The SMILES string of the molecule is C=C[C@@H]1C[C@]1(NC(=O)[C@@H]1C[C@@H](O)CC1C(=O)OC(C)(C)C)C(=O)OCC. The first-order chi connectivity index (χ1) is 12.0. The van der Waals surface area contributed by atoms with Crippen LogP contribution in [0.15, 0.2) is 12.7 Å². The zero-order chi connectivity index (χ0) is 19.7. The largest absolute Gasteiger partial charge is 0.464 e.